The Balaban J connectivity index is 3.52. The Labute approximate surface area is 102 Å². The number of alkyl halides is 3. The number of rotatable bonds is 1. The highest BCUT2D eigenvalue weighted by atomic mass is 35.5. The fraction of sp³-hybridized carbons (Fsp3) is 0.700. The first kappa shape index (κ1) is 14.3. The van der Waals surface area contributed by atoms with E-state index in [1.54, 1.807) is 20.8 Å². The Morgan fingerprint density at radius 3 is 2.00 bits per heavy atom. The van der Waals surface area contributed by atoms with E-state index in [-0.39, 0.29) is 5.69 Å². The fourth-order valence-corrected chi connectivity index (χ4v) is 1.85. The Bertz CT molecular complexity index is 418. The van der Waals surface area contributed by atoms with Gasteiger partial charge in [-0.05, 0) is 27.7 Å². The summed E-state index contributed by atoms with van der Waals surface area (Å²) in [5.74, 6) is 0. The largest absolute Gasteiger partial charge is 0.436 e. The first-order valence-electron chi connectivity index (χ1n) is 5.00. The monoisotopic (exact) mass is 270 g/mol. The molecule has 0 spiro atoms. The van der Waals surface area contributed by atoms with E-state index in [9.17, 15) is 18.3 Å². The lowest BCUT2D eigenvalue weighted by Gasteiger charge is -2.23. The lowest BCUT2D eigenvalue weighted by Crippen LogP contribution is -2.26. The van der Waals surface area contributed by atoms with Crippen LogP contribution < -0.4 is 0 Å². The Morgan fingerprint density at radius 2 is 1.76 bits per heavy atom. The van der Waals surface area contributed by atoms with Crippen molar-refractivity contribution in [1.82, 2.24) is 9.78 Å². The molecule has 0 aliphatic heterocycles. The number of aliphatic hydroxyl groups excluding tert-OH is 1. The lowest BCUT2D eigenvalue weighted by molar-refractivity contribution is -0.141. The van der Waals surface area contributed by atoms with E-state index in [1.165, 1.54) is 6.92 Å². The van der Waals surface area contributed by atoms with Gasteiger partial charge in [-0.3, -0.25) is 4.68 Å². The Morgan fingerprint density at radius 1 is 1.29 bits per heavy atom. The third kappa shape index (κ3) is 2.74. The minimum absolute atomic E-state index is 0.0218. The molecule has 0 aliphatic rings. The maximum absolute atomic E-state index is 12.7. The molecule has 0 amide bonds. The highest BCUT2D eigenvalue weighted by molar-refractivity contribution is 6.32. The highest BCUT2D eigenvalue weighted by Crippen LogP contribution is 2.39. The molecular formula is C10H14ClF3N2O. The van der Waals surface area contributed by atoms with Crippen LogP contribution in [0.3, 0.4) is 0 Å². The third-order valence-corrected chi connectivity index (χ3v) is 2.53. The summed E-state index contributed by atoms with van der Waals surface area (Å²) in [6.07, 6.45) is -5.75. The van der Waals surface area contributed by atoms with E-state index >= 15 is 0 Å². The van der Waals surface area contributed by atoms with Crippen molar-refractivity contribution in [3.63, 3.8) is 0 Å². The van der Waals surface area contributed by atoms with Gasteiger partial charge in [-0.2, -0.15) is 18.3 Å². The van der Waals surface area contributed by atoms with Gasteiger partial charge in [0.2, 0.25) is 0 Å². The second-order valence-corrected chi connectivity index (χ2v) is 5.18. The van der Waals surface area contributed by atoms with E-state index in [1.807, 2.05) is 0 Å². The molecule has 1 aromatic heterocycles. The molecule has 17 heavy (non-hydrogen) atoms. The minimum atomic E-state index is -4.63. The second kappa shape index (κ2) is 4.17. The number of aliphatic hydroxyl groups is 1. The van der Waals surface area contributed by atoms with Crippen molar-refractivity contribution in [3.8, 4) is 0 Å². The van der Waals surface area contributed by atoms with Gasteiger partial charge in [0.25, 0.3) is 0 Å². The zero-order valence-corrected chi connectivity index (χ0v) is 10.7. The maximum Gasteiger partial charge on any atom is 0.436 e. The summed E-state index contributed by atoms with van der Waals surface area (Å²) >= 11 is 5.65. The summed E-state index contributed by atoms with van der Waals surface area (Å²) in [6.45, 7) is 6.40. The summed E-state index contributed by atoms with van der Waals surface area (Å²) in [5, 5.41) is 12.4. The zero-order chi connectivity index (χ0) is 13.6. The zero-order valence-electron chi connectivity index (χ0n) is 9.93. The van der Waals surface area contributed by atoms with E-state index in [0.29, 0.717) is 0 Å². The van der Waals surface area contributed by atoms with Crippen LogP contribution in [0.5, 0.6) is 0 Å². The fourth-order valence-electron chi connectivity index (χ4n) is 1.46. The third-order valence-electron chi connectivity index (χ3n) is 2.16. The predicted octanol–water partition coefficient (Wildman–Crippen LogP) is 3.36. The molecule has 98 valence electrons. The standard InChI is InChI=1S/C10H14ClF3N2O/c1-5(17)7-6(11)8(10(12,13)14)15-16(7)9(2,3)4/h5,17H,1-4H3. The van der Waals surface area contributed by atoms with Gasteiger partial charge < -0.3 is 5.11 Å². The molecule has 0 radical (unpaired) electrons. The Kier molecular flexibility index (Phi) is 3.51. The van der Waals surface area contributed by atoms with Crippen LogP contribution in [0.1, 0.15) is 45.2 Å². The van der Waals surface area contributed by atoms with E-state index in [0.717, 1.165) is 4.68 Å². The van der Waals surface area contributed by atoms with Gasteiger partial charge in [0.1, 0.15) is 0 Å². The van der Waals surface area contributed by atoms with Gasteiger partial charge in [0, 0.05) is 0 Å². The van der Waals surface area contributed by atoms with Crippen molar-refractivity contribution in [2.24, 2.45) is 0 Å². The molecule has 7 heteroatoms. The quantitative estimate of drug-likeness (QED) is 0.850. The van der Waals surface area contributed by atoms with Crippen LogP contribution >= 0.6 is 11.6 Å². The summed E-state index contributed by atoms with van der Waals surface area (Å²) < 4.78 is 39.1. The minimum Gasteiger partial charge on any atom is -0.387 e. The predicted molar refractivity (Wildman–Crippen MR) is 57.9 cm³/mol. The molecule has 1 N–H and O–H groups in total. The Hall–Kier alpha value is -0.750. The van der Waals surface area contributed by atoms with Crippen LogP contribution in [-0.2, 0) is 11.7 Å². The summed E-state index contributed by atoms with van der Waals surface area (Å²) in [5.41, 5.74) is -1.88. The van der Waals surface area contributed by atoms with Crippen LogP contribution in [0, 0.1) is 0 Å². The molecule has 0 bridgehead atoms. The second-order valence-electron chi connectivity index (χ2n) is 4.80. The van der Waals surface area contributed by atoms with Crippen molar-refractivity contribution >= 4 is 11.6 Å². The van der Waals surface area contributed by atoms with Crippen molar-refractivity contribution in [2.45, 2.75) is 45.5 Å². The molecule has 1 heterocycles. The van der Waals surface area contributed by atoms with Crippen molar-refractivity contribution in [2.75, 3.05) is 0 Å². The van der Waals surface area contributed by atoms with Gasteiger partial charge >= 0.3 is 6.18 Å². The molecule has 0 fully saturated rings. The average molecular weight is 271 g/mol. The summed E-state index contributed by atoms with van der Waals surface area (Å²) in [7, 11) is 0. The first-order valence-corrected chi connectivity index (χ1v) is 5.38. The van der Waals surface area contributed by atoms with Gasteiger partial charge in [-0.1, -0.05) is 11.6 Å². The number of aromatic nitrogens is 2. The lowest BCUT2D eigenvalue weighted by atomic mass is 10.1. The van der Waals surface area contributed by atoms with Crippen molar-refractivity contribution in [1.29, 1.82) is 0 Å². The molecule has 1 unspecified atom stereocenters. The first-order chi connectivity index (χ1) is 7.46. The van der Waals surface area contributed by atoms with Crippen LogP contribution in [0.15, 0.2) is 0 Å². The average Bonchev–Trinajstić information content (AvgIpc) is 2.40. The van der Waals surface area contributed by atoms with Gasteiger partial charge in [0.05, 0.1) is 22.4 Å². The number of halogens is 4. The van der Waals surface area contributed by atoms with E-state index in [2.05, 4.69) is 5.10 Å². The highest BCUT2D eigenvalue weighted by Gasteiger charge is 2.40. The number of hydrogen-bond acceptors (Lipinski definition) is 2. The normalized spacial score (nSPS) is 15.1. The molecule has 1 rings (SSSR count). The molecule has 1 atom stereocenters. The van der Waals surface area contributed by atoms with E-state index in [4.69, 9.17) is 11.6 Å². The topological polar surface area (TPSA) is 38.1 Å². The molecule has 1 aromatic rings. The molecule has 0 aliphatic carbocycles. The molecule has 0 aromatic carbocycles. The molecule has 0 saturated heterocycles. The van der Waals surface area contributed by atoms with Crippen LogP contribution in [0.4, 0.5) is 13.2 Å². The van der Waals surface area contributed by atoms with E-state index < -0.39 is 28.5 Å². The van der Waals surface area contributed by atoms with Gasteiger partial charge in [0.15, 0.2) is 5.69 Å². The maximum atomic E-state index is 12.7. The smallest absolute Gasteiger partial charge is 0.387 e. The number of nitrogens with zero attached hydrogens (tertiary/aromatic N) is 2. The molecule has 0 saturated carbocycles. The van der Waals surface area contributed by atoms with Gasteiger partial charge in [-0.25, -0.2) is 0 Å². The summed E-state index contributed by atoms with van der Waals surface area (Å²) in [4.78, 5) is 0. The van der Waals surface area contributed by atoms with Crippen LogP contribution in [-0.4, -0.2) is 14.9 Å². The van der Waals surface area contributed by atoms with Crippen molar-refractivity contribution in [3.05, 3.63) is 16.4 Å². The van der Waals surface area contributed by atoms with Gasteiger partial charge in [-0.15, -0.1) is 0 Å². The number of hydrogen-bond donors (Lipinski definition) is 1. The molecular weight excluding hydrogens is 257 g/mol. The van der Waals surface area contributed by atoms with Crippen LogP contribution in [0.25, 0.3) is 0 Å². The summed E-state index contributed by atoms with van der Waals surface area (Å²) in [6, 6.07) is 0. The van der Waals surface area contributed by atoms with Crippen molar-refractivity contribution < 1.29 is 18.3 Å². The molecule has 3 nitrogen and oxygen atoms in total. The van der Waals surface area contributed by atoms with Crippen LogP contribution in [0.2, 0.25) is 5.02 Å². The SMILES string of the molecule is CC(O)c1c(Cl)c(C(F)(F)F)nn1C(C)(C)C.